The number of rotatable bonds is 6. The first-order valence-corrected chi connectivity index (χ1v) is 8.60. The second kappa shape index (κ2) is 8.71. The average molecular weight is 422 g/mol. The molecule has 2 aromatic carbocycles. The average Bonchev–Trinajstić information content (AvgIpc) is 2.63. The van der Waals surface area contributed by atoms with E-state index in [1.165, 1.54) is 26.4 Å². The van der Waals surface area contributed by atoms with Crippen molar-refractivity contribution < 1.29 is 23.8 Å². The van der Waals surface area contributed by atoms with Gasteiger partial charge in [-0.25, -0.2) is 4.79 Å². The maximum absolute atomic E-state index is 12.2. The van der Waals surface area contributed by atoms with Gasteiger partial charge in [-0.2, -0.15) is 0 Å². The normalized spacial score (nSPS) is 10.2. The van der Waals surface area contributed by atoms with E-state index in [-0.39, 0.29) is 5.56 Å². The van der Waals surface area contributed by atoms with Crippen LogP contribution in [-0.4, -0.2) is 32.7 Å². The van der Waals surface area contributed by atoms with Gasteiger partial charge in [0.05, 0.1) is 19.8 Å². The van der Waals surface area contributed by atoms with Crippen LogP contribution in [-0.2, 0) is 9.53 Å². The lowest BCUT2D eigenvalue weighted by Gasteiger charge is -2.11. The summed E-state index contributed by atoms with van der Waals surface area (Å²) in [5.41, 5.74) is 2.81. The summed E-state index contributed by atoms with van der Waals surface area (Å²) in [7, 11) is 2.97. The third-order valence-corrected chi connectivity index (χ3v) is 4.56. The van der Waals surface area contributed by atoms with Crippen LogP contribution in [0, 0.1) is 13.8 Å². The second-order valence-corrected chi connectivity index (χ2v) is 6.50. The molecule has 0 atom stereocenters. The third-order valence-electron chi connectivity index (χ3n) is 3.70. The predicted molar refractivity (Wildman–Crippen MR) is 102 cm³/mol. The van der Waals surface area contributed by atoms with Gasteiger partial charge in [0, 0.05) is 16.2 Å². The van der Waals surface area contributed by atoms with Crippen LogP contribution in [0.2, 0.25) is 0 Å². The van der Waals surface area contributed by atoms with Crippen molar-refractivity contribution in [2.24, 2.45) is 0 Å². The fourth-order valence-corrected chi connectivity index (χ4v) is 2.70. The van der Waals surface area contributed by atoms with Gasteiger partial charge in [0.15, 0.2) is 6.61 Å². The van der Waals surface area contributed by atoms with Gasteiger partial charge in [-0.3, -0.25) is 4.79 Å². The minimum Gasteiger partial charge on any atom is -0.497 e. The molecule has 0 saturated carbocycles. The van der Waals surface area contributed by atoms with Crippen LogP contribution >= 0.6 is 15.9 Å². The molecule has 1 amide bonds. The monoisotopic (exact) mass is 421 g/mol. The lowest BCUT2D eigenvalue weighted by atomic mass is 10.1. The van der Waals surface area contributed by atoms with Crippen molar-refractivity contribution >= 4 is 33.5 Å². The number of methoxy groups -OCH3 is 2. The Balaban J connectivity index is 2.01. The zero-order chi connectivity index (χ0) is 19.3. The Morgan fingerprint density at radius 3 is 2.15 bits per heavy atom. The zero-order valence-electron chi connectivity index (χ0n) is 15.0. The van der Waals surface area contributed by atoms with Crippen LogP contribution in [0.15, 0.2) is 34.8 Å². The number of halogens is 1. The smallest absolute Gasteiger partial charge is 0.338 e. The Kier molecular flexibility index (Phi) is 6.63. The molecule has 26 heavy (non-hydrogen) atoms. The summed E-state index contributed by atoms with van der Waals surface area (Å²) in [6.45, 7) is 3.41. The van der Waals surface area contributed by atoms with E-state index < -0.39 is 18.5 Å². The fraction of sp³-hybridized carbons (Fsp3) is 0.263. The molecule has 0 bridgehead atoms. The number of nitrogens with one attached hydrogen (secondary N) is 1. The molecule has 6 nitrogen and oxygen atoms in total. The third kappa shape index (κ3) is 4.98. The van der Waals surface area contributed by atoms with Crippen LogP contribution in [0.4, 0.5) is 5.69 Å². The Hall–Kier alpha value is -2.54. The summed E-state index contributed by atoms with van der Waals surface area (Å²) in [6.07, 6.45) is 0. The zero-order valence-corrected chi connectivity index (χ0v) is 16.6. The fourth-order valence-electron chi connectivity index (χ4n) is 2.24. The number of hydrogen-bond acceptors (Lipinski definition) is 5. The number of esters is 1. The topological polar surface area (TPSA) is 73.9 Å². The van der Waals surface area contributed by atoms with Gasteiger partial charge in [-0.05, 0) is 49.2 Å². The SMILES string of the molecule is COc1cc(OC)cc(C(=O)OCC(=O)Nc2cc(C)c(Br)cc2C)c1. The summed E-state index contributed by atoms with van der Waals surface area (Å²) in [5, 5.41) is 2.74. The lowest BCUT2D eigenvalue weighted by molar-refractivity contribution is -0.119. The Bertz CT molecular complexity index is 813. The molecule has 0 aliphatic rings. The van der Waals surface area contributed by atoms with E-state index in [9.17, 15) is 9.59 Å². The Morgan fingerprint density at radius 2 is 1.58 bits per heavy atom. The number of anilines is 1. The first kappa shape index (κ1) is 19.8. The summed E-state index contributed by atoms with van der Waals surface area (Å²) in [4.78, 5) is 24.3. The largest absolute Gasteiger partial charge is 0.497 e. The van der Waals surface area contributed by atoms with Crippen LogP contribution in [0.3, 0.4) is 0 Å². The van der Waals surface area contributed by atoms with Gasteiger partial charge in [0.1, 0.15) is 11.5 Å². The molecular formula is C19H20BrNO5. The minimum absolute atomic E-state index is 0.240. The van der Waals surface area contributed by atoms with Gasteiger partial charge in [-0.15, -0.1) is 0 Å². The molecule has 0 spiro atoms. The number of aryl methyl sites for hydroxylation is 2. The number of ether oxygens (including phenoxy) is 3. The van der Waals surface area contributed by atoms with Gasteiger partial charge in [-0.1, -0.05) is 15.9 Å². The van der Waals surface area contributed by atoms with E-state index in [0.29, 0.717) is 17.2 Å². The molecule has 2 rings (SSSR count). The number of benzene rings is 2. The van der Waals surface area contributed by atoms with Crippen molar-refractivity contribution in [3.8, 4) is 11.5 Å². The van der Waals surface area contributed by atoms with E-state index in [2.05, 4.69) is 21.2 Å². The van der Waals surface area contributed by atoms with Crippen molar-refractivity contribution in [1.29, 1.82) is 0 Å². The van der Waals surface area contributed by atoms with Gasteiger partial charge in [0.25, 0.3) is 5.91 Å². The number of amides is 1. The minimum atomic E-state index is -0.638. The number of hydrogen-bond donors (Lipinski definition) is 1. The molecule has 0 heterocycles. The first-order valence-electron chi connectivity index (χ1n) is 7.81. The highest BCUT2D eigenvalue weighted by atomic mass is 79.9. The molecule has 0 saturated heterocycles. The van der Waals surface area contributed by atoms with E-state index in [1.807, 2.05) is 26.0 Å². The molecule has 0 radical (unpaired) electrons. The van der Waals surface area contributed by atoms with Crippen molar-refractivity contribution in [3.05, 3.63) is 51.5 Å². The molecule has 7 heteroatoms. The van der Waals surface area contributed by atoms with E-state index in [1.54, 1.807) is 6.07 Å². The maximum Gasteiger partial charge on any atom is 0.338 e. The highest BCUT2D eigenvalue weighted by molar-refractivity contribution is 9.10. The standard InChI is InChI=1S/C19H20BrNO5/c1-11-6-17(12(2)5-16(11)20)21-18(22)10-26-19(23)13-7-14(24-3)9-15(8-13)25-4/h5-9H,10H2,1-4H3,(H,21,22). The summed E-state index contributed by atoms with van der Waals surface area (Å²) < 4.78 is 16.3. The van der Waals surface area contributed by atoms with Crippen LogP contribution in [0.25, 0.3) is 0 Å². The second-order valence-electron chi connectivity index (χ2n) is 5.64. The molecule has 0 aliphatic heterocycles. The summed E-state index contributed by atoms with van der Waals surface area (Å²) in [6, 6.07) is 8.45. The molecule has 138 valence electrons. The first-order chi connectivity index (χ1) is 12.3. The summed E-state index contributed by atoms with van der Waals surface area (Å²) in [5.74, 6) is -0.137. The molecular weight excluding hydrogens is 402 g/mol. The van der Waals surface area contributed by atoms with Crippen molar-refractivity contribution in [2.75, 3.05) is 26.1 Å². The van der Waals surface area contributed by atoms with Crippen LogP contribution in [0.1, 0.15) is 21.5 Å². The van der Waals surface area contributed by atoms with Gasteiger partial charge < -0.3 is 19.5 Å². The van der Waals surface area contributed by atoms with Gasteiger partial charge in [0.2, 0.25) is 0 Å². The van der Waals surface area contributed by atoms with Crippen molar-refractivity contribution in [1.82, 2.24) is 0 Å². The Morgan fingerprint density at radius 1 is 0.962 bits per heavy atom. The van der Waals surface area contributed by atoms with Crippen LogP contribution < -0.4 is 14.8 Å². The summed E-state index contributed by atoms with van der Waals surface area (Å²) >= 11 is 3.44. The maximum atomic E-state index is 12.2. The quantitative estimate of drug-likeness (QED) is 0.716. The molecule has 0 aliphatic carbocycles. The Labute approximate surface area is 160 Å². The van der Waals surface area contributed by atoms with E-state index in [4.69, 9.17) is 14.2 Å². The number of carbonyl (C=O) groups is 2. The molecule has 0 fully saturated rings. The van der Waals surface area contributed by atoms with E-state index >= 15 is 0 Å². The highest BCUT2D eigenvalue weighted by Gasteiger charge is 2.14. The molecule has 1 N–H and O–H groups in total. The van der Waals surface area contributed by atoms with E-state index in [0.717, 1.165) is 15.6 Å². The van der Waals surface area contributed by atoms with Crippen molar-refractivity contribution in [3.63, 3.8) is 0 Å². The van der Waals surface area contributed by atoms with Crippen LogP contribution in [0.5, 0.6) is 11.5 Å². The molecule has 0 unspecified atom stereocenters. The van der Waals surface area contributed by atoms with Crippen molar-refractivity contribution in [2.45, 2.75) is 13.8 Å². The van der Waals surface area contributed by atoms with Gasteiger partial charge >= 0.3 is 5.97 Å². The predicted octanol–water partition coefficient (Wildman–Crippen LogP) is 3.88. The molecule has 0 aromatic heterocycles. The molecule has 2 aromatic rings. The highest BCUT2D eigenvalue weighted by Crippen LogP contribution is 2.25. The number of carbonyl (C=O) groups excluding carboxylic acids is 2. The lowest BCUT2D eigenvalue weighted by Crippen LogP contribution is -2.21.